The molecule has 1 amide bonds. The van der Waals surface area contributed by atoms with Crippen LogP contribution in [0.1, 0.15) is 54.4 Å². The third kappa shape index (κ3) is 3.36. The molecule has 0 radical (unpaired) electrons. The molecule has 1 fully saturated rings. The zero-order valence-electron chi connectivity index (χ0n) is 14.2. The molecule has 7 heteroatoms. The normalized spacial score (nSPS) is 17.2. The second-order valence-electron chi connectivity index (χ2n) is 6.40. The molecule has 130 valence electrons. The summed E-state index contributed by atoms with van der Waals surface area (Å²) < 4.78 is 7.03. The molecule has 1 atom stereocenters. The Morgan fingerprint density at radius 2 is 2.21 bits per heavy atom. The Labute approximate surface area is 141 Å². The van der Waals surface area contributed by atoms with E-state index in [9.17, 15) is 9.90 Å². The van der Waals surface area contributed by atoms with Crippen molar-refractivity contribution in [2.45, 2.75) is 38.7 Å². The van der Waals surface area contributed by atoms with E-state index in [1.165, 1.54) is 0 Å². The van der Waals surface area contributed by atoms with Gasteiger partial charge < -0.3 is 19.1 Å². The van der Waals surface area contributed by atoms with Gasteiger partial charge in [-0.3, -0.25) is 4.79 Å². The van der Waals surface area contributed by atoms with Crippen LogP contribution >= 0.6 is 0 Å². The van der Waals surface area contributed by atoms with E-state index in [1.807, 2.05) is 17.8 Å². The Hall–Kier alpha value is -2.15. The highest BCUT2D eigenvalue weighted by molar-refractivity contribution is 5.92. The largest absolute Gasteiger partial charge is 0.385 e. The van der Waals surface area contributed by atoms with Gasteiger partial charge in [-0.1, -0.05) is 12.1 Å². The maximum Gasteiger partial charge on any atom is 0.276 e. The lowest BCUT2D eigenvalue weighted by Gasteiger charge is -2.33. The van der Waals surface area contributed by atoms with Crippen molar-refractivity contribution in [2.24, 2.45) is 13.0 Å². The van der Waals surface area contributed by atoms with Crippen LogP contribution in [0.4, 0.5) is 0 Å². The molecule has 0 aromatic carbocycles. The summed E-state index contributed by atoms with van der Waals surface area (Å²) >= 11 is 0. The topological polar surface area (TPSA) is 84.4 Å². The molecule has 3 rings (SSSR count). The molecular weight excluding hydrogens is 308 g/mol. The van der Waals surface area contributed by atoms with Gasteiger partial charge in [-0.2, -0.15) is 0 Å². The van der Waals surface area contributed by atoms with Gasteiger partial charge in [0.1, 0.15) is 17.7 Å². The smallest absolute Gasteiger partial charge is 0.276 e. The van der Waals surface area contributed by atoms with Gasteiger partial charge in [0.15, 0.2) is 5.69 Å². The lowest BCUT2D eigenvalue weighted by Crippen LogP contribution is -2.40. The predicted octanol–water partition coefficient (Wildman–Crippen LogP) is 1.95. The highest BCUT2D eigenvalue weighted by atomic mass is 16.5. The lowest BCUT2D eigenvalue weighted by molar-refractivity contribution is 0.0414. The summed E-state index contributed by atoms with van der Waals surface area (Å²) in [6.45, 7) is 3.28. The van der Waals surface area contributed by atoms with E-state index in [0.717, 1.165) is 31.4 Å². The number of rotatable bonds is 5. The molecule has 0 spiro atoms. The van der Waals surface area contributed by atoms with Crippen molar-refractivity contribution in [3.05, 3.63) is 35.7 Å². The van der Waals surface area contributed by atoms with Crippen LogP contribution in [-0.4, -0.2) is 43.7 Å². The summed E-state index contributed by atoms with van der Waals surface area (Å²) in [7, 11) is 1.88. The van der Waals surface area contributed by atoms with E-state index in [0.29, 0.717) is 24.6 Å². The predicted molar refractivity (Wildman–Crippen MR) is 87.3 cm³/mol. The van der Waals surface area contributed by atoms with E-state index < -0.39 is 6.10 Å². The van der Waals surface area contributed by atoms with E-state index in [1.54, 1.807) is 17.2 Å². The molecule has 3 heterocycles. The molecule has 0 saturated carbocycles. The van der Waals surface area contributed by atoms with Gasteiger partial charge in [-0.25, -0.2) is 4.98 Å². The number of hydrogen-bond acceptors (Lipinski definition) is 5. The number of carbonyl (C=O) groups excluding carboxylic acids is 1. The Balaban J connectivity index is 1.58. The van der Waals surface area contributed by atoms with Gasteiger partial charge in [0.25, 0.3) is 5.91 Å². The Kier molecular flexibility index (Phi) is 4.99. The van der Waals surface area contributed by atoms with Crippen molar-refractivity contribution in [2.75, 3.05) is 13.1 Å². The summed E-state index contributed by atoms with van der Waals surface area (Å²) in [5, 5.41) is 14.4. The number of amides is 1. The van der Waals surface area contributed by atoms with Crippen molar-refractivity contribution < 1.29 is 14.4 Å². The van der Waals surface area contributed by atoms with Gasteiger partial charge >= 0.3 is 0 Å². The number of likely N-dealkylation sites (tertiary alicyclic amines) is 1. The van der Waals surface area contributed by atoms with Crippen molar-refractivity contribution in [1.29, 1.82) is 0 Å². The van der Waals surface area contributed by atoms with Crippen molar-refractivity contribution >= 4 is 5.91 Å². The molecular formula is C17H24N4O3. The monoisotopic (exact) mass is 332 g/mol. The summed E-state index contributed by atoms with van der Waals surface area (Å²) in [6.07, 6.45) is 6.17. The van der Waals surface area contributed by atoms with E-state index in [-0.39, 0.29) is 11.8 Å². The Morgan fingerprint density at radius 3 is 2.83 bits per heavy atom. The summed E-state index contributed by atoms with van der Waals surface area (Å²) in [5.41, 5.74) is 0.376. The van der Waals surface area contributed by atoms with Crippen molar-refractivity contribution in [3.8, 4) is 0 Å². The standard InChI is InChI=1S/C17H24N4O3/c1-3-4-13-11-14(19-24-13)17(23)21-8-5-12(6-9-21)15(22)16-18-7-10-20(16)2/h7,10-12,15,22H,3-6,8-9H2,1-2H3/t15-/m1/s1. The molecule has 0 aliphatic carbocycles. The summed E-state index contributed by atoms with van der Waals surface area (Å²) in [4.78, 5) is 18.5. The van der Waals surface area contributed by atoms with Gasteiger partial charge in [0, 0.05) is 45.0 Å². The molecule has 2 aromatic rings. The van der Waals surface area contributed by atoms with Crippen LogP contribution in [-0.2, 0) is 13.5 Å². The first-order valence-electron chi connectivity index (χ1n) is 8.50. The highest BCUT2D eigenvalue weighted by Crippen LogP contribution is 2.30. The molecule has 1 saturated heterocycles. The van der Waals surface area contributed by atoms with Crippen molar-refractivity contribution in [1.82, 2.24) is 19.6 Å². The van der Waals surface area contributed by atoms with Crippen LogP contribution in [0, 0.1) is 5.92 Å². The summed E-state index contributed by atoms with van der Waals surface area (Å²) in [6, 6.07) is 1.74. The third-order valence-electron chi connectivity index (χ3n) is 4.67. The molecule has 1 aliphatic heterocycles. The second-order valence-corrected chi connectivity index (χ2v) is 6.40. The van der Waals surface area contributed by atoms with Crippen LogP contribution in [0.5, 0.6) is 0 Å². The average Bonchev–Trinajstić information content (AvgIpc) is 3.23. The van der Waals surface area contributed by atoms with Gasteiger partial charge in [0.2, 0.25) is 0 Å². The molecule has 0 bridgehead atoms. The quantitative estimate of drug-likeness (QED) is 0.904. The molecule has 2 aromatic heterocycles. The Morgan fingerprint density at radius 1 is 1.46 bits per heavy atom. The first-order valence-corrected chi connectivity index (χ1v) is 8.50. The van der Waals surface area contributed by atoms with Crippen LogP contribution in [0.3, 0.4) is 0 Å². The minimum absolute atomic E-state index is 0.0916. The van der Waals surface area contributed by atoms with Crippen molar-refractivity contribution in [3.63, 3.8) is 0 Å². The number of hydrogen-bond donors (Lipinski definition) is 1. The Bertz CT molecular complexity index is 686. The second kappa shape index (κ2) is 7.17. The number of aromatic nitrogens is 3. The molecule has 7 nitrogen and oxygen atoms in total. The number of aliphatic hydroxyl groups excluding tert-OH is 1. The minimum Gasteiger partial charge on any atom is -0.385 e. The molecule has 1 aliphatic rings. The van der Waals surface area contributed by atoms with Crippen LogP contribution in [0.25, 0.3) is 0 Å². The summed E-state index contributed by atoms with van der Waals surface area (Å²) in [5.74, 6) is 1.45. The van der Waals surface area contributed by atoms with E-state index >= 15 is 0 Å². The van der Waals surface area contributed by atoms with E-state index in [4.69, 9.17) is 4.52 Å². The number of imidazole rings is 1. The minimum atomic E-state index is -0.592. The molecule has 1 N–H and O–H groups in total. The zero-order chi connectivity index (χ0) is 17.1. The highest BCUT2D eigenvalue weighted by Gasteiger charge is 2.31. The first-order chi connectivity index (χ1) is 11.6. The van der Waals surface area contributed by atoms with Gasteiger partial charge in [-0.15, -0.1) is 0 Å². The van der Waals surface area contributed by atoms with Gasteiger partial charge in [0.05, 0.1) is 0 Å². The average molecular weight is 332 g/mol. The first kappa shape index (κ1) is 16.7. The maximum absolute atomic E-state index is 12.5. The number of nitrogens with zero attached hydrogens (tertiary/aromatic N) is 4. The number of aliphatic hydroxyl groups is 1. The number of carbonyl (C=O) groups is 1. The number of aryl methyl sites for hydroxylation is 2. The molecule has 24 heavy (non-hydrogen) atoms. The molecule has 0 unspecified atom stereocenters. The fourth-order valence-electron chi connectivity index (χ4n) is 3.23. The SMILES string of the molecule is CCCc1cc(C(=O)N2CCC([C@@H](O)c3nccn3C)CC2)no1. The maximum atomic E-state index is 12.5. The lowest BCUT2D eigenvalue weighted by atomic mass is 9.90. The number of piperidine rings is 1. The van der Waals surface area contributed by atoms with E-state index in [2.05, 4.69) is 17.1 Å². The van der Waals surface area contributed by atoms with Gasteiger partial charge in [-0.05, 0) is 25.2 Å². The van der Waals surface area contributed by atoms with Crippen LogP contribution in [0.15, 0.2) is 23.0 Å². The third-order valence-corrected chi connectivity index (χ3v) is 4.67. The zero-order valence-corrected chi connectivity index (χ0v) is 14.2. The van der Waals surface area contributed by atoms with Crippen LogP contribution in [0.2, 0.25) is 0 Å². The fraction of sp³-hybridized carbons (Fsp3) is 0.588. The van der Waals surface area contributed by atoms with Crippen LogP contribution < -0.4 is 0 Å². The fourth-order valence-corrected chi connectivity index (χ4v) is 3.23.